The van der Waals surface area contributed by atoms with Gasteiger partial charge in [0.25, 0.3) is 17.4 Å². The number of hydrogen-bond acceptors (Lipinski definition) is 10. The average molecular weight is 783 g/mol. The fourth-order valence-corrected chi connectivity index (χ4v) is 7.15. The molecule has 1 atom stereocenters. The highest BCUT2D eigenvalue weighted by Gasteiger charge is 2.36. The molecule has 5 N–H and O–H groups in total. The maximum Gasteiger partial charge on any atom is 0.261 e. The Hall–Kier alpha value is -5.41. The third-order valence-corrected chi connectivity index (χ3v) is 10.4. The normalized spacial score (nSPS) is 14.6. The number of likely N-dealkylation sites (tertiary alicyclic amines) is 1. The van der Waals surface area contributed by atoms with E-state index in [0.29, 0.717) is 65.8 Å². The van der Waals surface area contributed by atoms with Gasteiger partial charge in [-0.05, 0) is 69.6 Å². The number of rotatable bonds is 16. The number of amides is 3. The average Bonchev–Trinajstić information content (AvgIpc) is 3.19. The molecule has 56 heavy (non-hydrogen) atoms. The summed E-state index contributed by atoms with van der Waals surface area (Å²) in [5, 5.41) is 18.9. The summed E-state index contributed by atoms with van der Waals surface area (Å²) in [4.78, 5) is 64.6. The molecular formula is C41H47ClN8O6. The highest BCUT2D eigenvalue weighted by atomic mass is 35.5. The van der Waals surface area contributed by atoms with E-state index < -0.39 is 17.6 Å². The number of aliphatic hydroxyl groups is 1. The number of piperidine rings is 1. The summed E-state index contributed by atoms with van der Waals surface area (Å²) in [6.45, 7) is 2.69. The van der Waals surface area contributed by atoms with Gasteiger partial charge in [0.15, 0.2) is 0 Å². The summed E-state index contributed by atoms with van der Waals surface area (Å²) in [5.41, 5.74) is 6.32. The zero-order valence-corrected chi connectivity index (χ0v) is 32.3. The molecule has 0 bridgehead atoms. The molecule has 3 amide bonds. The fraction of sp³-hybridized carbons (Fsp3) is 0.366. The molecule has 2 aromatic heterocycles. The van der Waals surface area contributed by atoms with E-state index in [0.717, 1.165) is 18.5 Å². The molecule has 294 valence electrons. The Labute approximate surface area is 329 Å². The number of nitrogens with zero attached hydrogens (tertiary/aromatic N) is 5. The fourth-order valence-electron chi connectivity index (χ4n) is 6.84. The molecule has 0 aliphatic carbocycles. The summed E-state index contributed by atoms with van der Waals surface area (Å²) in [6.07, 6.45) is 4.62. The lowest BCUT2D eigenvalue weighted by molar-refractivity contribution is -0.138. The van der Waals surface area contributed by atoms with E-state index in [1.807, 2.05) is 44.4 Å². The number of carbonyl (C=O) groups is 3. The Kier molecular flexibility index (Phi) is 13.0. The molecule has 14 nitrogen and oxygen atoms in total. The van der Waals surface area contributed by atoms with Crippen molar-refractivity contribution in [1.82, 2.24) is 35.0 Å². The van der Waals surface area contributed by atoms with Crippen molar-refractivity contribution in [2.75, 3.05) is 53.4 Å². The van der Waals surface area contributed by atoms with E-state index in [1.54, 1.807) is 41.3 Å². The molecular weight excluding hydrogens is 736 g/mol. The third-order valence-electron chi connectivity index (χ3n) is 10.00. The lowest BCUT2D eigenvalue weighted by atomic mass is 9.90. The minimum atomic E-state index is -1.20. The van der Waals surface area contributed by atoms with E-state index in [-0.39, 0.29) is 53.9 Å². The van der Waals surface area contributed by atoms with Crippen LogP contribution in [0.25, 0.3) is 21.8 Å². The Bertz CT molecular complexity index is 2260. The van der Waals surface area contributed by atoms with Crippen LogP contribution in [-0.2, 0) is 17.8 Å². The first kappa shape index (κ1) is 40.3. The number of nitrogens with two attached hydrogens (primary N) is 1. The van der Waals surface area contributed by atoms with Gasteiger partial charge in [-0.2, -0.15) is 0 Å². The van der Waals surface area contributed by atoms with Gasteiger partial charge >= 0.3 is 0 Å². The van der Waals surface area contributed by atoms with Crippen LogP contribution in [0.2, 0.25) is 5.02 Å². The van der Waals surface area contributed by atoms with Crippen LogP contribution in [0.4, 0.5) is 0 Å². The summed E-state index contributed by atoms with van der Waals surface area (Å²) >= 11 is 6.32. The zero-order valence-electron chi connectivity index (χ0n) is 31.5. The van der Waals surface area contributed by atoms with Gasteiger partial charge < -0.3 is 36.0 Å². The number of ether oxygens (including phenoxy) is 1. The quantitative estimate of drug-likeness (QED) is 0.109. The first-order valence-corrected chi connectivity index (χ1v) is 19.0. The number of fused-ring (bicyclic) bond motifs is 2. The van der Waals surface area contributed by atoms with Gasteiger partial charge in [0.2, 0.25) is 5.91 Å². The van der Waals surface area contributed by atoms with Crippen molar-refractivity contribution in [3.63, 3.8) is 0 Å². The summed E-state index contributed by atoms with van der Waals surface area (Å²) in [5.74, 6) is -0.490. The molecule has 3 heterocycles. The Morgan fingerprint density at radius 2 is 1.73 bits per heavy atom. The van der Waals surface area contributed by atoms with Crippen LogP contribution < -0.4 is 26.7 Å². The second-order valence-corrected chi connectivity index (χ2v) is 14.8. The van der Waals surface area contributed by atoms with Crippen molar-refractivity contribution in [2.45, 2.75) is 43.9 Å². The molecule has 1 aliphatic heterocycles. The number of hydrogen-bond donors (Lipinski definition) is 4. The van der Waals surface area contributed by atoms with E-state index >= 15 is 0 Å². The minimum Gasteiger partial charge on any atom is -0.493 e. The van der Waals surface area contributed by atoms with Gasteiger partial charge in [-0.3, -0.25) is 28.7 Å². The van der Waals surface area contributed by atoms with Crippen LogP contribution in [0.1, 0.15) is 45.5 Å². The number of pyridine rings is 1. The molecule has 0 radical (unpaired) electrons. The first-order chi connectivity index (χ1) is 26.9. The zero-order chi connectivity index (χ0) is 39.8. The topological polar surface area (TPSA) is 185 Å². The Morgan fingerprint density at radius 3 is 2.46 bits per heavy atom. The van der Waals surface area contributed by atoms with Crippen LogP contribution >= 0.6 is 11.6 Å². The molecule has 15 heteroatoms. The van der Waals surface area contributed by atoms with Crippen LogP contribution in [0.5, 0.6) is 5.75 Å². The number of primary amides is 1. The summed E-state index contributed by atoms with van der Waals surface area (Å²) in [6, 6.07) is 19.1. The van der Waals surface area contributed by atoms with E-state index in [1.165, 1.54) is 17.1 Å². The SMILES string of the molecule is CN(C)CCCOc1ccc2c(=O)n(CC3(O)CCN(C(=O)C(Cc4ccccc4)NCCNC(=O)c4ccc5c(Cl)c(C(N)=O)cnc5c4)CC3)cnc2c1. The van der Waals surface area contributed by atoms with Crippen molar-refractivity contribution in [3.8, 4) is 5.75 Å². The molecule has 0 spiro atoms. The molecule has 1 unspecified atom stereocenters. The van der Waals surface area contributed by atoms with Gasteiger partial charge in [0, 0.05) is 55.9 Å². The number of nitrogens with one attached hydrogen (secondary N) is 2. The number of aromatic nitrogens is 3. The maximum absolute atomic E-state index is 14.0. The predicted octanol–water partition coefficient (Wildman–Crippen LogP) is 3.01. The standard InChI is InChI=1S/C41H47ClN8O6/c1-48(2)17-6-20-56-29-10-12-31-34(23-29)47-26-50(39(31)53)25-41(55)13-18-49(19-14-41)40(54)35(21-27-7-4-3-5-8-27)44-15-16-45-38(52)28-9-11-30-33(22-28)46-24-32(36(30)42)37(43)51/h3-5,7-12,22-24,26,35,44,55H,6,13-21,25H2,1-2H3,(H2,43,51)(H,45,52). The van der Waals surface area contributed by atoms with Crippen molar-refractivity contribution >= 4 is 51.1 Å². The predicted molar refractivity (Wildman–Crippen MR) is 215 cm³/mol. The molecule has 0 saturated carbocycles. The van der Waals surface area contributed by atoms with E-state index in [2.05, 4.69) is 25.5 Å². The van der Waals surface area contributed by atoms with Gasteiger partial charge in [-0.1, -0.05) is 48.0 Å². The van der Waals surface area contributed by atoms with Crippen molar-refractivity contribution < 1.29 is 24.2 Å². The highest BCUT2D eigenvalue weighted by molar-refractivity contribution is 6.38. The molecule has 5 aromatic rings. The van der Waals surface area contributed by atoms with Crippen LogP contribution in [0.3, 0.4) is 0 Å². The monoisotopic (exact) mass is 782 g/mol. The first-order valence-electron chi connectivity index (χ1n) is 18.6. The summed E-state index contributed by atoms with van der Waals surface area (Å²) < 4.78 is 7.28. The lowest BCUT2D eigenvalue weighted by Crippen LogP contribution is -2.55. The van der Waals surface area contributed by atoms with Crippen molar-refractivity contribution in [2.24, 2.45) is 5.73 Å². The van der Waals surface area contributed by atoms with Crippen molar-refractivity contribution in [3.05, 3.63) is 111 Å². The summed E-state index contributed by atoms with van der Waals surface area (Å²) in [7, 11) is 4.02. The Morgan fingerprint density at radius 1 is 1.00 bits per heavy atom. The Balaban J connectivity index is 1.04. The van der Waals surface area contributed by atoms with Gasteiger partial charge in [-0.15, -0.1) is 0 Å². The lowest BCUT2D eigenvalue weighted by Gasteiger charge is -2.39. The molecule has 1 saturated heterocycles. The van der Waals surface area contributed by atoms with Gasteiger partial charge in [-0.25, -0.2) is 4.98 Å². The molecule has 1 fully saturated rings. The molecule has 6 rings (SSSR count). The maximum atomic E-state index is 14.0. The van der Waals surface area contributed by atoms with Crippen LogP contribution in [-0.4, -0.2) is 112 Å². The van der Waals surface area contributed by atoms with Gasteiger partial charge in [0.05, 0.1) is 58.1 Å². The number of benzene rings is 3. The van der Waals surface area contributed by atoms with E-state index in [4.69, 9.17) is 22.1 Å². The second-order valence-electron chi connectivity index (χ2n) is 14.4. The minimum absolute atomic E-state index is 0.0553. The van der Waals surface area contributed by atoms with Crippen LogP contribution in [0, 0.1) is 0 Å². The van der Waals surface area contributed by atoms with Gasteiger partial charge in [0.1, 0.15) is 5.75 Å². The van der Waals surface area contributed by atoms with E-state index in [9.17, 15) is 24.3 Å². The van der Waals surface area contributed by atoms with Crippen molar-refractivity contribution in [1.29, 1.82) is 0 Å². The highest BCUT2D eigenvalue weighted by Crippen LogP contribution is 2.27. The number of carbonyl (C=O) groups excluding carboxylic acids is 3. The largest absolute Gasteiger partial charge is 0.493 e. The molecule has 1 aliphatic rings. The second kappa shape index (κ2) is 18.0. The number of halogens is 1. The third kappa shape index (κ3) is 9.87. The van der Waals surface area contributed by atoms with Crippen LogP contribution in [0.15, 0.2) is 84.0 Å². The molecule has 3 aromatic carbocycles. The smallest absolute Gasteiger partial charge is 0.261 e.